The molecule has 0 radical (unpaired) electrons. The highest BCUT2D eigenvalue weighted by molar-refractivity contribution is 5.55. The second kappa shape index (κ2) is 8.16. The lowest BCUT2D eigenvalue weighted by atomic mass is 10.3. The van der Waals surface area contributed by atoms with Gasteiger partial charge in [-0.05, 0) is 13.0 Å². The highest BCUT2D eigenvalue weighted by Crippen LogP contribution is 1.95. The minimum atomic E-state index is -0.927. The molecule has 4 nitrogen and oxygen atoms in total. The van der Waals surface area contributed by atoms with E-state index in [1.165, 1.54) is 0 Å². The van der Waals surface area contributed by atoms with Gasteiger partial charge in [-0.2, -0.15) is 0 Å². The van der Waals surface area contributed by atoms with Gasteiger partial charge in [-0.15, -0.1) is 0 Å². The molecule has 2 N–H and O–H groups in total. The van der Waals surface area contributed by atoms with Gasteiger partial charge in [0, 0.05) is 13.1 Å². The van der Waals surface area contributed by atoms with E-state index in [-0.39, 0.29) is 6.61 Å². The van der Waals surface area contributed by atoms with Crippen LogP contribution in [-0.4, -0.2) is 53.7 Å². The van der Waals surface area contributed by atoms with Gasteiger partial charge in [0.2, 0.25) is 0 Å². The summed E-state index contributed by atoms with van der Waals surface area (Å²) in [4.78, 5) is 12.1. The number of rotatable bonds is 8. The summed E-state index contributed by atoms with van der Waals surface area (Å²) in [6, 6.07) is 0. The third-order valence-electron chi connectivity index (χ3n) is 1.85. The molecule has 78 valence electrons. The molecule has 0 rings (SSSR count). The Morgan fingerprint density at radius 3 is 2.62 bits per heavy atom. The zero-order chi connectivity index (χ0) is 10.1. The van der Waals surface area contributed by atoms with Gasteiger partial charge in [0.15, 0.2) is 0 Å². The molecule has 0 aromatic rings. The van der Waals surface area contributed by atoms with Crippen molar-refractivity contribution in [2.24, 2.45) is 0 Å². The van der Waals surface area contributed by atoms with Crippen LogP contribution >= 0.6 is 0 Å². The van der Waals surface area contributed by atoms with Gasteiger partial charge < -0.3 is 15.0 Å². The van der Waals surface area contributed by atoms with Gasteiger partial charge in [-0.1, -0.05) is 13.3 Å². The van der Waals surface area contributed by atoms with Crippen molar-refractivity contribution in [3.05, 3.63) is 0 Å². The second-order valence-corrected chi connectivity index (χ2v) is 3.08. The summed E-state index contributed by atoms with van der Waals surface area (Å²) in [5.41, 5.74) is 0. The zero-order valence-electron chi connectivity index (χ0n) is 8.15. The van der Waals surface area contributed by atoms with Crippen LogP contribution in [0.1, 0.15) is 19.8 Å². The largest absolute Gasteiger partial charge is 0.395 e. The smallest absolute Gasteiger partial charge is 0.149 e. The monoisotopic (exact) mass is 189 g/mol. The van der Waals surface area contributed by atoms with Crippen LogP contribution < -0.4 is 0 Å². The summed E-state index contributed by atoms with van der Waals surface area (Å²) >= 11 is 0. The van der Waals surface area contributed by atoms with Crippen LogP contribution in [0.4, 0.5) is 0 Å². The lowest BCUT2D eigenvalue weighted by Crippen LogP contribution is -2.35. The first-order valence-electron chi connectivity index (χ1n) is 4.71. The lowest BCUT2D eigenvalue weighted by molar-refractivity contribution is -0.115. The molecule has 0 saturated heterocycles. The summed E-state index contributed by atoms with van der Waals surface area (Å²) in [6.07, 6.45) is 1.68. The quantitative estimate of drug-likeness (QED) is 0.512. The van der Waals surface area contributed by atoms with Crippen LogP contribution in [0.3, 0.4) is 0 Å². The third-order valence-corrected chi connectivity index (χ3v) is 1.85. The molecule has 0 spiro atoms. The van der Waals surface area contributed by atoms with Gasteiger partial charge >= 0.3 is 0 Å². The topological polar surface area (TPSA) is 60.8 Å². The van der Waals surface area contributed by atoms with E-state index in [0.29, 0.717) is 19.4 Å². The van der Waals surface area contributed by atoms with Crippen LogP contribution in [0.2, 0.25) is 0 Å². The maximum atomic E-state index is 10.2. The van der Waals surface area contributed by atoms with Crippen molar-refractivity contribution in [1.82, 2.24) is 4.90 Å². The number of aliphatic hydroxyl groups excluding tert-OH is 2. The number of carbonyl (C=O) groups excluding carboxylic acids is 1. The van der Waals surface area contributed by atoms with Crippen LogP contribution in [0.25, 0.3) is 0 Å². The van der Waals surface area contributed by atoms with E-state index in [9.17, 15) is 4.79 Å². The van der Waals surface area contributed by atoms with E-state index in [2.05, 4.69) is 6.92 Å². The van der Waals surface area contributed by atoms with E-state index in [1.54, 1.807) is 0 Å². The summed E-state index contributed by atoms with van der Waals surface area (Å²) < 4.78 is 0. The number of aldehydes is 1. The maximum absolute atomic E-state index is 10.2. The molecule has 0 aliphatic carbocycles. The highest BCUT2D eigenvalue weighted by atomic mass is 16.3. The molecule has 0 aliphatic rings. The van der Waals surface area contributed by atoms with Gasteiger partial charge in [0.05, 0.1) is 6.61 Å². The molecule has 0 bridgehead atoms. The predicted molar refractivity (Wildman–Crippen MR) is 50.5 cm³/mol. The number of unbranched alkanes of at least 4 members (excludes halogenated alkanes) is 1. The molecular weight excluding hydrogens is 170 g/mol. The summed E-state index contributed by atoms with van der Waals surface area (Å²) in [5.74, 6) is 0. The molecule has 0 heterocycles. The van der Waals surface area contributed by atoms with Crippen molar-refractivity contribution >= 4 is 6.29 Å². The standard InChI is InChI=1S/C9H19NO3/c1-2-3-4-10(5-6-11)7-9(13)8-12/h8-9,11,13H,2-7H2,1H3. The lowest BCUT2D eigenvalue weighted by Gasteiger charge is -2.21. The molecule has 0 aromatic heterocycles. The van der Waals surface area contributed by atoms with Crippen molar-refractivity contribution in [1.29, 1.82) is 0 Å². The Labute approximate surface area is 79.2 Å². The molecule has 0 aliphatic heterocycles. The molecule has 0 saturated carbocycles. The van der Waals surface area contributed by atoms with E-state index >= 15 is 0 Å². The van der Waals surface area contributed by atoms with Gasteiger partial charge in [-0.25, -0.2) is 0 Å². The number of hydrogen-bond acceptors (Lipinski definition) is 4. The molecule has 0 aromatic carbocycles. The van der Waals surface area contributed by atoms with Gasteiger partial charge in [0.1, 0.15) is 12.4 Å². The molecular formula is C9H19NO3. The SMILES string of the molecule is CCCCN(CCO)CC(O)C=O. The Bertz CT molecular complexity index is 130. The summed E-state index contributed by atoms with van der Waals surface area (Å²) in [6.45, 7) is 3.81. The summed E-state index contributed by atoms with van der Waals surface area (Å²) in [7, 11) is 0. The molecule has 1 unspecified atom stereocenters. The van der Waals surface area contributed by atoms with E-state index in [4.69, 9.17) is 10.2 Å². The Morgan fingerprint density at radius 1 is 1.46 bits per heavy atom. The first-order valence-corrected chi connectivity index (χ1v) is 4.71. The van der Waals surface area contributed by atoms with Crippen molar-refractivity contribution in [2.45, 2.75) is 25.9 Å². The van der Waals surface area contributed by atoms with Crippen molar-refractivity contribution in [2.75, 3.05) is 26.2 Å². The molecule has 0 amide bonds. The number of nitrogens with zero attached hydrogens (tertiary/aromatic N) is 1. The van der Waals surface area contributed by atoms with Crippen molar-refractivity contribution < 1.29 is 15.0 Å². The number of carbonyl (C=O) groups is 1. The van der Waals surface area contributed by atoms with Crippen LogP contribution in [-0.2, 0) is 4.79 Å². The molecule has 1 atom stereocenters. The normalized spacial score (nSPS) is 13.2. The second-order valence-electron chi connectivity index (χ2n) is 3.08. The van der Waals surface area contributed by atoms with Crippen LogP contribution in [0.15, 0.2) is 0 Å². The fraction of sp³-hybridized carbons (Fsp3) is 0.889. The number of hydrogen-bond donors (Lipinski definition) is 2. The van der Waals surface area contributed by atoms with E-state index in [1.807, 2.05) is 4.90 Å². The first kappa shape index (κ1) is 12.6. The third kappa shape index (κ3) is 6.69. The zero-order valence-corrected chi connectivity index (χ0v) is 8.15. The Hall–Kier alpha value is -0.450. The van der Waals surface area contributed by atoms with Gasteiger partial charge in [-0.3, -0.25) is 4.90 Å². The van der Waals surface area contributed by atoms with E-state index < -0.39 is 6.10 Å². The average molecular weight is 189 g/mol. The van der Waals surface area contributed by atoms with Gasteiger partial charge in [0.25, 0.3) is 0 Å². The minimum absolute atomic E-state index is 0.0648. The average Bonchev–Trinajstić information content (AvgIpc) is 2.14. The molecule has 0 fully saturated rings. The van der Waals surface area contributed by atoms with Crippen LogP contribution in [0.5, 0.6) is 0 Å². The fourth-order valence-corrected chi connectivity index (χ4v) is 1.13. The molecule has 4 heteroatoms. The van der Waals surface area contributed by atoms with Crippen molar-refractivity contribution in [3.8, 4) is 0 Å². The van der Waals surface area contributed by atoms with Crippen molar-refractivity contribution in [3.63, 3.8) is 0 Å². The highest BCUT2D eigenvalue weighted by Gasteiger charge is 2.09. The minimum Gasteiger partial charge on any atom is -0.395 e. The summed E-state index contributed by atoms with van der Waals surface area (Å²) in [5, 5.41) is 17.8. The Morgan fingerprint density at radius 2 is 2.15 bits per heavy atom. The molecule has 13 heavy (non-hydrogen) atoms. The maximum Gasteiger partial charge on any atom is 0.149 e. The van der Waals surface area contributed by atoms with E-state index in [0.717, 1.165) is 19.4 Å². The Kier molecular flexibility index (Phi) is 7.88. The first-order chi connectivity index (χ1) is 6.24. The number of aliphatic hydroxyl groups is 2. The fourth-order valence-electron chi connectivity index (χ4n) is 1.13. The Balaban J connectivity index is 3.71. The van der Waals surface area contributed by atoms with Crippen LogP contribution in [0, 0.1) is 0 Å². The predicted octanol–water partition coefficient (Wildman–Crippen LogP) is -0.359.